The van der Waals surface area contributed by atoms with Crippen molar-refractivity contribution in [3.63, 3.8) is 0 Å². The summed E-state index contributed by atoms with van der Waals surface area (Å²) < 4.78 is 0.634. The zero-order valence-electron chi connectivity index (χ0n) is 7.95. The van der Waals surface area contributed by atoms with Gasteiger partial charge < -0.3 is 5.73 Å². The molecule has 2 heterocycles. The topological polar surface area (TPSA) is 42.1 Å². The maximum Gasteiger partial charge on any atom is 0.183 e. The Morgan fingerprint density at radius 2 is 2.57 bits per heavy atom. The molecule has 0 saturated carbocycles. The SMILES string of the molecule is NCC1CCN(Cc2cnc(Cl)s2)C1. The van der Waals surface area contributed by atoms with E-state index in [4.69, 9.17) is 17.3 Å². The van der Waals surface area contributed by atoms with Gasteiger partial charge >= 0.3 is 0 Å². The Morgan fingerprint density at radius 3 is 3.14 bits per heavy atom. The minimum atomic E-state index is 0.634. The molecule has 1 aromatic rings. The molecule has 0 bridgehead atoms. The Bertz CT molecular complexity index is 302. The second-order valence-electron chi connectivity index (χ2n) is 3.71. The summed E-state index contributed by atoms with van der Waals surface area (Å²) in [7, 11) is 0. The fourth-order valence-electron chi connectivity index (χ4n) is 1.83. The van der Waals surface area contributed by atoms with Crippen molar-refractivity contribution in [2.75, 3.05) is 19.6 Å². The highest BCUT2D eigenvalue weighted by atomic mass is 35.5. The molecule has 5 heteroatoms. The van der Waals surface area contributed by atoms with Gasteiger partial charge in [-0.2, -0.15) is 0 Å². The van der Waals surface area contributed by atoms with Crippen LogP contribution >= 0.6 is 22.9 Å². The summed E-state index contributed by atoms with van der Waals surface area (Å²) >= 11 is 7.34. The van der Waals surface area contributed by atoms with Crippen LogP contribution in [0.4, 0.5) is 0 Å². The van der Waals surface area contributed by atoms with Crippen LogP contribution in [0.15, 0.2) is 6.20 Å². The summed E-state index contributed by atoms with van der Waals surface area (Å²) in [4.78, 5) is 7.69. The second kappa shape index (κ2) is 4.57. The quantitative estimate of drug-likeness (QED) is 0.859. The van der Waals surface area contributed by atoms with Crippen molar-refractivity contribution >= 4 is 22.9 Å². The van der Waals surface area contributed by atoms with E-state index in [0.29, 0.717) is 10.4 Å². The smallest absolute Gasteiger partial charge is 0.183 e. The van der Waals surface area contributed by atoms with Gasteiger partial charge in [0.25, 0.3) is 0 Å². The van der Waals surface area contributed by atoms with Gasteiger partial charge in [0.05, 0.1) is 0 Å². The average molecular weight is 232 g/mol. The Labute approximate surface area is 92.9 Å². The van der Waals surface area contributed by atoms with Crippen molar-refractivity contribution in [3.8, 4) is 0 Å². The maximum atomic E-state index is 5.77. The van der Waals surface area contributed by atoms with Crippen LogP contribution in [-0.4, -0.2) is 29.5 Å². The lowest BCUT2D eigenvalue weighted by Gasteiger charge is -2.13. The van der Waals surface area contributed by atoms with E-state index < -0.39 is 0 Å². The first-order valence-electron chi connectivity index (χ1n) is 4.80. The lowest BCUT2D eigenvalue weighted by atomic mass is 10.1. The van der Waals surface area contributed by atoms with E-state index in [9.17, 15) is 0 Å². The largest absolute Gasteiger partial charge is 0.330 e. The fraction of sp³-hybridized carbons (Fsp3) is 0.667. The van der Waals surface area contributed by atoms with Crippen LogP contribution in [0, 0.1) is 5.92 Å². The van der Waals surface area contributed by atoms with Crippen molar-refractivity contribution in [2.24, 2.45) is 11.7 Å². The van der Waals surface area contributed by atoms with E-state index in [1.165, 1.54) is 11.3 Å². The molecule has 0 aromatic carbocycles. The summed E-state index contributed by atoms with van der Waals surface area (Å²) in [5, 5.41) is 0. The molecule has 1 aromatic heterocycles. The molecule has 3 nitrogen and oxygen atoms in total. The van der Waals surface area contributed by atoms with Gasteiger partial charge in [-0.05, 0) is 25.4 Å². The highest BCUT2D eigenvalue weighted by molar-refractivity contribution is 7.15. The molecule has 0 radical (unpaired) electrons. The van der Waals surface area contributed by atoms with Crippen molar-refractivity contribution in [3.05, 3.63) is 15.5 Å². The van der Waals surface area contributed by atoms with Crippen LogP contribution in [0.1, 0.15) is 11.3 Å². The first-order chi connectivity index (χ1) is 6.78. The Morgan fingerprint density at radius 1 is 1.71 bits per heavy atom. The zero-order valence-corrected chi connectivity index (χ0v) is 9.52. The van der Waals surface area contributed by atoms with Gasteiger partial charge in [0.2, 0.25) is 0 Å². The number of aromatic nitrogens is 1. The summed E-state index contributed by atoms with van der Waals surface area (Å²) in [5.74, 6) is 0.679. The molecule has 1 saturated heterocycles. The molecule has 0 aliphatic carbocycles. The molecule has 1 atom stereocenters. The number of hydrogen-bond donors (Lipinski definition) is 1. The number of nitrogens with zero attached hydrogens (tertiary/aromatic N) is 2. The van der Waals surface area contributed by atoms with Crippen LogP contribution in [0.2, 0.25) is 4.47 Å². The third-order valence-electron chi connectivity index (χ3n) is 2.61. The second-order valence-corrected chi connectivity index (χ2v) is 5.40. The van der Waals surface area contributed by atoms with Crippen LogP contribution in [0.25, 0.3) is 0 Å². The van der Waals surface area contributed by atoms with Crippen LogP contribution in [0.3, 0.4) is 0 Å². The van der Waals surface area contributed by atoms with Crippen LogP contribution in [0.5, 0.6) is 0 Å². The molecule has 0 spiro atoms. The normalized spacial score (nSPS) is 23.1. The minimum Gasteiger partial charge on any atom is -0.330 e. The lowest BCUT2D eigenvalue weighted by Crippen LogP contribution is -2.22. The number of hydrogen-bond acceptors (Lipinski definition) is 4. The molecule has 1 fully saturated rings. The van der Waals surface area contributed by atoms with Crippen molar-refractivity contribution in [1.82, 2.24) is 9.88 Å². The fourth-order valence-corrected chi connectivity index (χ4v) is 2.85. The van der Waals surface area contributed by atoms with Crippen molar-refractivity contribution in [2.45, 2.75) is 13.0 Å². The maximum absolute atomic E-state index is 5.77. The van der Waals surface area contributed by atoms with Gasteiger partial charge in [0.1, 0.15) is 0 Å². The van der Waals surface area contributed by atoms with Gasteiger partial charge in [-0.1, -0.05) is 11.6 Å². The Balaban J connectivity index is 1.87. The molecule has 2 rings (SSSR count). The number of nitrogens with two attached hydrogens (primary N) is 1. The first-order valence-corrected chi connectivity index (χ1v) is 6.00. The van der Waals surface area contributed by atoms with Crippen molar-refractivity contribution < 1.29 is 0 Å². The summed E-state index contributed by atoms with van der Waals surface area (Å²) in [6.45, 7) is 4.05. The number of halogens is 1. The van der Waals surface area contributed by atoms with Crippen molar-refractivity contribution in [1.29, 1.82) is 0 Å². The standard InChI is InChI=1S/C9H14ClN3S/c10-9-12-4-8(14-9)6-13-2-1-7(3-11)5-13/h4,7H,1-3,5-6,11H2. The van der Waals surface area contributed by atoms with Gasteiger partial charge in [-0.15, -0.1) is 11.3 Å². The van der Waals surface area contributed by atoms with E-state index in [-0.39, 0.29) is 0 Å². The molecular formula is C9H14ClN3S. The van der Waals surface area contributed by atoms with E-state index in [1.807, 2.05) is 6.20 Å². The van der Waals surface area contributed by atoms with E-state index in [2.05, 4.69) is 9.88 Å². The Hall–Kier alpha value is -0.160. The van der Waals surface area contributed by atoms with E-state index >= 15 is 0 Å². The first kappa shape index (κ1) is 10.4. The molecular weight excluding hydrogens is 218 g/mol. The highest BCUT2D eigenvalue weighted by Gasteiger charge is 2.21. The third kappa shape index (κ3) is 2.45. The summed E-state index contributed by atoms with van der Waals surface area (Å²) in [6.07, 6.45) is 3.09. The van der Waals surface area contributed by atoms with E-state index in [0.717, 1.165) is 26.2 Å². The molecule has 0 amide bonds. The molecule has 14 heavy (non-hydrogen) atoms. The van der Waals surface area contributed by atoms with Gasteiger partial charge in [-0.3, -0.25) is 4.90 Å². The molecule has 1 aliphatic heterocycles. The van der Waals surface area contributed by atoms with E-state index in [1.54, 1.807) is 11.3 Å². The highest BCUT2D eigenvalue weighted by Crippen LogP contribution is 2.22. The number of rotatable bonds is 3. The summed E-state index contributed by atoms with van der Waals surface area (Å²) in [5.41, 5.74) is 5.64. The number of likely N-dealkylation sites (tertiary alicyclic amines) is 1. The molecule has 78 valence electrons. The van der Waals surface area contributed by atoms with Gasteiger partial charge in [0.15, 0.2) is 4.47 Å². The molecule has 1 unspecified atom stereocenters. The van der Waals surface area contributed by atoms with Crippen LogP contribution in [-0.2, 0) is 6.54 Å². The third-order valence-corrected chi connectivity index (χ3v) is 3.71. The average Bonchev–Trinajstić information content (AvgIpc) is 2.76. The van der Waals surface area contributed by atoms with Crippen LogP contribution < -0.4 is 5.73 Å². The molecule has 2 N–H and O–H groups in total. The van der Waals surface area contributed by atoms with Gasteiger partial charge in [0, 0.05) is 24.2 Å². The van der Waals surface area contributed by atoms with Gasteiger partial charge in [-0.25, -0.2) is 4.98 Å². The minimum absolute atomic E-state index is 0.634. The zero-order chi connectivity index (χ0) is 9.97. The number of thiazole rings is 1. The molecule has 1 aliphatic rings. The Kier molecular flexibility index (Phi) is 3.38. The lowest BCUT2D eigenvalue weighted by molar-refractivity contribution is 0.320. The predicted molar refractivity (Wildman–Crippen MR) is 59.6 cm³/mol. The predicted octanol–water partition coefficient (Wildman–Crippen LogP) is 1.58. The monoisotopic (exact) mass is 231 g/mol. The summed E-state index contributed by atoms with van der Waals surface area (Å²) in [6, 6.07) is 0.